The van der Waals surface area contributed by atoms with Gasteiger partial charge in [0.2, 0.25) is 11.5 Å². The number of carbonyl (C=O) groups is 1. The van der Waals surface area contributed by atoms with Crippen LogP contribution in [0.25, 0.3) is 0 Å². The van der Waals surface area contributed by atoms with Crippen molar-refractivity contribution in [1.82, 2.24) is 9.88 Å². The molecule has 0 bridgehead atoms. The summed E-state index contributed by atoms with van der Waals surface area (Å²) in [5, 5.41) is 2.86. The maximum Gasteiger partial charge on any atom is 0.250 e. The number of amides is 1. The SMILES string of the molecule is COc1ccc(CCC(=O)NCc2ccc(=O)n(C)c2)cc1OC. The van der Waals surface area contributed by atoms with Crippen LogP contribution >= 0.6 is 0 Å². The van der Waals surface area contributed by atoms with Crippen molar-refractivity contribution in [3.63, 3.8) is 0 Å². The van der Waals surface area contributed by atoms with Gasteiger partial charge in [-0.2, -0.15) is 0 Å². The number of methoxy groups -OCH3 is 2. The number of hydrogen-bond acceptors (Lipinski definition) is 4. The standard InChI is InChI=1S/C18H22N2O4/c1-20-12-14(6-9-18(20)22)11-19-17(21)8-5-13-4-7-15(23-2)16(10-13)24-3/h4,6-7,9-10,12H,5,8,11H2,1-3H3,(H,19,21). The predicted octanol–water partition coefficient (Wildman–Crippen LogP) is 1.65. The van der Waals surface area contributed by atoms with Crippen LogP contribution in [0.1, 0.15) is 17.5 Å². The van der Waals surface area contributed by atoms with Gasteiger partial charge in [0, 0.05) is 32.3 Å². The van der Waals surface area contributed by atoms with Crippen molar-refractivity contribution in [2.45, 2.75) is 19.4 Å². The van der Waals surface area contributed by atoms with Gasteiger partial charge in [-0.25, -0.2) is 0 Å². The fourth-order valence-electron chi connectivity index (χ4n) is 2.34. The van der Waals surface area contributed by atoms with Crippen LogP contribution in [0.4, 0.5) is 0 Å². The molecule has 0 aliphatic heterocycles. The van der Waals surface area contributed by atoms with Gasteiger partial charge >= 0.3 is 0 Å². The Bertz CT molecular complexity index is 768. The van der Waals surface area contributed by atoms with Gasteiger partial charge in [-0.05, 0) is 29.7 Å². The zero-order valence-electron chi connectivity index (χ0n) is 14.2. The summed E-state index contributed by atoms with van der Waals surface area (Å²) < 4.78 is 11.9. The average Bonchev–Trinajstić information content (AvgIpc) is 2.60. The van der Waals surface area contributed by atoms with E-state index in [9.17, 15) is 9.59 Å². The highest BCUT2D eigenvalue weighted by Crippen LogP contribution is 2.27. The zero-order chi connectivity index (χ0) is 17.5. The molecule has 0 fully saturated rings. The lowest BCUT2D eigenvalue weighted by molar-refractivity contribution is -0.121. The van der Waals surface area contributed by atoms with Crippen LogP contribution in [-0.2, 0) is 24.8 Å². The second-order valence-electron chi connectivity index (χ2n) is 5.45. The smallest absolute Gasteiger partial charge is 0.250 e. The number of nitrogens with zero attached hydrogens (tertiary/aromatic N) is 1. The van der Waals surface area contributed by atoms with Crippen molar-refractivity contribution in [3.05, 3.63) is 58.0 Å². The molecule has 0 aliphatic carbocycles. The van der Waals surface area contributed by atoms with Crippen molar-refractivity contribution < 1.29 is 14.3 Å². The third-order valence-corrected chi connectivity index (χ3v) is 3.73. The lowest BCUT2D eigenvalue weighted by atomic mass is 10.1. The molecule has 6 heteroatoms. The Morgan fingerprint density at radius 1 is 1.08 bits per heavy atom. The second-order valence-corrected chi connectivity index (χ2v) is 5.45. The van der Waals surface area contributed by atoms with Crippen LogP contribution in [0.3, 0.4) is 0 Å². The first-order valence-electron chi connectivity index (χ1n) is 7.66. The van der Waals surface area contributed by atoms with Crippen LogP contribution in [-0.4, -0.2) is 24.7 Å². The molecule has 24 heavy (non-hydrogen) atoms. The third kappa shape index (κ3) is 4.62. The van der Waals surface area contributed by atoms with Crippen LogP contribution in [0, 0.1) is 0 Å². The number of pyridine rings is 1. The molecule has 1 aromatic heterocycles. The first-order chi connectivity index (χ1) is 11.5. The fraction of sp³-hybridized carbons (Fsp3) is 0.333. The van der Waals surface area contributed by atoms with Crippen molar-refractivity contribution in [3.8, 4) is 11.5 Å². The van der Waals surface area contributed by atoms with E-state index in [1.54, 1.807) is 33.5 Å². The van der Waals surface area contributed by atoms with E-state index in [2.05, 4.69) is 5.32 Å². The van der Waals surface area contributed by atoms with Gasteiger partial charge < -0.3 is 19.4 Å². The summed E-state index contributed by atoms with van der Waals surface area (Å²) in [6.45, 7) is 0.402. The monoisotopic (exact) mass is 330 g/mol. The molecule has 1 amide bonds. The molecule has 0 spiro atoms. The third-order valence-electron chi connectivity index (χ3n) is 3.73. The molecular weight excluding hydrogens is 308 g/mol. The maximum absolute atomic E-state index is 12.0. The minimum Gasteiger partial charge on any atom is -0.493 e. The lowest BCUT2D eigenvalue weighted by Crippen LogP contribution is -2.24. The van der Waals surface area contributed by atoms with E-state index in [4.69, 9.17) is 9.47 Å². The van der Waals surface area contributed by atoms with E-state index in [0.29, 0.717) is 30.9 Å². The highest BCUT2D eigenvalue weighted by atomic mass is 16.5. The van der Waals surface area contributed by atoms with E-state index in [1.165, 1.54) is 10.6 Å². The van der Waals surface area contributed by atoms with Gasteiger partial charge in [-0.15, -0.1) is 0 Å². The largest absolute Gasteiger partial charge is 0.493 e. The van der Waals surface area contributed by atoms with E-state index in [0.717, 1.165) is 11.1 Å². The first-order valence-corrected chi connectivity index (χ1v) is 7.66. The number of nitrogens with one attached hydrogen (secondary N) is 1. The summed E-state index contributed by atoms with van der Waals surface area (Å²) in [6, 6.07) is 8.83. The number of rotatable bonds is 7. The molecule has 0 atom stereocenters. The molecule has 2 aromatic rings. The van der Waals surface area contributed by atoms with Gasteiger partial charge in [-0.3, -0.25) is 9.59 Å². The summed E-state index contributed by atoms with van der Waals surface area (Å²) >= 11 is 0. The Hall–Kier alpha value is -2.76. The number of aromatic nitrogens is 1. The Morgan fingerprint density at radius 2 is 1.79 bits per heavy atom. The number of aryl methyl sites for hydroxylation is 2. The van der Waals surface area contributed by atoms with Gasteiger partial charge in [0.1, 0.15) is 0 Å². The van der Waals surface area contributed by atoms with Crippen molar-refractivity contribution in [1.29, 1.82) is 0 Å². The molecule has 128 valence electrons. The maximum atomic E-state index is 12.0. The molecule has 0 saturated heterocycles. The highest BCUT2D eigenvalue weighted by Gasteiger charge is 2.07. The Kier molecular flexibility index (Phi) is 6.01. The molecule has 2 rings (SSSR count). The number of hydrogen-bond donors (Lipinski definition) is 1. The van der Waals surface area contributed by atoms with E-state index < -0.39 is 0 Å². The van der Waals surface area contributed by atoms with Crippen LogP contribution in [0.2, 0.25) is 0 Å². The van der Waals surface area contributed by atoms with Crippen LogP contribution in [0.5, 0.6) is 11.5 Å². The van der Waals surface area contributed by atoms with Gasteiger partial charge in [0.05, 0.1) is 14.2 Å². The van der Waals surface area contributed by atoms with Crippen LogP contribution in [0.15, 0.2) is 41.3 Å². The average molecular weight is 330 g/mol. The number of ether oxygens (including phenoxy) is 2. The molecule has 0 unspecified atom stereocenters. The number of benzene rings is 1. The van der Waals surface area contributed by atoms with Crippen LogP contribution < -0.4 is 20.3 Å². The molecular formula is C18H22N2O4. The van der Waals surface area contributed by atoms with Gasteiger partial charge in [0.25, 0.3) is 0 Å². The second kappa shape index (κ2) is 8.19. The summed E-state index contributed by atoms with van der Waals surface area (Å²) in [5.74, 6) is 1.28. The summed E-state index contributed by atoms with van der Waals surface area (Å²) in [4.78, 5) is 23.3. The highest BCUT2D eigenvalue weighted by molar-refractivity contribution is 5.76. The van der Waals surface area contributed by atoms with Crippen molar-refractivity contribution in [2.24, 2.45) is 7.05 Å². The summed E-state index contributed by atoms with van der Waals surface area (Å²) in [7, 11) is 4.86. The van der Waals surface area contributed by atoms with Crippen molar-refractivity contribution in [2.75, 3.05) is 14.2 Å². The van der Waals surface area contributed by atoms with Gasteiger partial charge in [0.15, 0.2) is 11.5 Å². The minimum atomic E-state index is -0.0708. The quantitative estimate of drug-likeness (QED) is 0.838. The zero-order valence-corrected chi connectivity index (χ0v) is 14.2. The van der Waals surface area contributed by atoms with E-state index >= 15 is 0 Å². The molecule has 0 saturated carbocycles. The van der Waals surface area contributed by atoms with E-state index in [-0.39, 0.29) is 11.5 Å². The first kappa shape index (κ1) is 17.6. The van der Waals surface area contributed by atoms with Gasteiger partial charge in [-0.1, -0.05) is 12.1 Å². The number of carbonyl (C=O) groups excluding carboxylic acids is 1. The molecule has 0 radical (unpaired) electrons. The normalized spacial score (nSPS) is 10.3. The Morgan fingerprint density at radius 3 is 2.46 bits per heavy atom. The summed E-state index contributed by atoms with van der Waals surface area (Å²) in [6.07, 6.45) is 2.71. The van der Waals surface area contributed by atoms with E-state index in [1.807, 2.05) is 18.2 Å². The predicted molar refractivity (Wildman–Crippen MR) is 91.4 cm³/mol. The Labute approximate surface area is 141 Å². The molecule has 6 nitrogen and oxygen atoms in total. The molecule has 1 N–H and O–H groups in total. The molecule has 1 aromatic carbocycles. The fourth-order valence-corrected chi connectivity index (χ4v) is 2.34. The summed E-state index contributed by atoms with van der Waals surface area (Å²) in [5.41, 5.74) is 1.82. The minimum absolute atomic E-state index is 0.0429. The Balaban J connectivity index is 1.86. The lowest BCUT2D eigenvalue weighted by Gasteiger charge is -2.10. The topological polar surface area (TPSA) is 69.6 Å². The van der Waals surface area contributed by atoms with Crippen molar-refractivity contribution >= 4 is 5.91 Å². The molecule has 1 heterocycles. The molecule has 0 aliphatic rings.